The summed E-state index contributed by atoms with van der Waals surface area (Å²) in [6.07, 6.45) is 3.05. The van der Waals surface area contributed by atoms with Crippen LogP contribution in [0.15, 0.2) is 57.7 Å². The van der Waals surface area contributed by atoms with E-state index in [2.05, 4.69) is 15.6 Å². The Kier molecular flexibility index (Phi) is 6.58. The minimum Gasteiger partial charge on any atom is -0.462 e. The van der Waals surface area contributed by atoms with Gasteiger partial charge in [0.1, 0.15) is 22.0 Å². The molecule has 1 amide bonds. The zero-order valence-electron chi connectivity index (χ0n) is 19.3. The Bertz CT molecular complexity index is 1300. The fraction of sp³-hybridized carbons (Fsp3) is 0.348. The molecule has 0 aliphatic carbocycles. The Balaban J connectivity index is 1.69. The number of ether oxygens (including phenoxy) is 1. The number of hydrogen-bond donors (Lipinski definition) is 2. The van der Waals surface area contributed by atoms with Gasteiger partial charge in [-0.2, -0.15) is 4.31 Å². The lowest BCUT2D eigenvalue weighted by atomic mass is 10.2. The molecule has 10 nitrogen and oxygen atoms in total. The first-order valence-electron chi connectivity index (χ1n) is 11.0. The van der Waals surface area contributed by atoms with Crippen molar-refractivity contribution in [3.8, 4) is 0 Å². The van der Waals surface area contributed by atoms with Gasteiger partial charge in [0.15, 0.2) is 0 Å². The SMILES string of the molecule is CCOC(=O)C1=C(C)Nc2ccccc2N=C1NC(=O)c1cc(S(=O)(=O)N2CCCC2)cn1C. The van der Waals surface area contributed by atoms with E-state index in [1.165, 1.54) is 21.1 Å². The van der Waals surface area contributed by atoms with Crippen LogP contribution in [-0.2, 0) is 26.6 Å². The number of benzene rings is 1. The van der Waals surface area contributed by atoms with E-state index in [9.17, 15) is 18.0 Å². The Hall–Kier alpha value is -3.44. The van der Waals surface area contributed by atoms with E-state index in [-0.39, 0.29) is 28.6 Å². The molecule has 2 N–H and O–H groups in total. The highest BCUT2D eigenvalue weighted by molar-refractivity contribution is 7.89. The van der Waals surface area contributed by atoms with Gasteiger partial charge < -0.3 is 19.9 Å². The highest BCUT2D eigenvalue weighted by Crippen LogP contribution is 2.30. The van der Waals surface area contributed by atoms with Gasteiger partial charge in [-0.05, 0) is 44.9 Å². The zero-order valence-corrected chi connectivity index (χ0v) is 20.1. The number of anilines is 1. The van der Waals surface area contributed by atoms with Gasteiger partial charge in [-0.25, -0.2) is 18.2 Å². The first kappa shape index (κ1) is 23.7. The summed E-state index contributed by atoms with van der Waals surface area (Å²) in [6.45, 7) is 4.47. The topological polar surface area (TPSA) is 122 Å². The second kappa shape index (κ2) is 9.43. The number of esters is 1. The number of amidine groups is 1. The van der Waals surface area contributed by atoms with Crippen LogP contribution in [0.2, 0.25) is 0 Å². The van der Waals surface area contributed by atoms with Crippen molar-refractivity contribution in [3.63, 3.8) is 0 Å². The van der Waals surface area contributed by atoms with Crippen molar-refractivity contribution < 1.29 is 22.7 Å². The van der Waals surface area contributed by atoms with Crippen LogP contribution in [0.25, 0.3) is 0 Å². The number of aromatic nitrogens is 1. The number of fused-ring (bicyclic) bond motifs is 1. The number of carbonyl (C=O) groups excluding carboxylic acids is 2. The van der Waals surface area contributed by atoms with Crippen LogP contribution >= 0.6 is 0 Å². The number of carbonyl (C=O) groups is 2. The highest BCUT2D eigenvalue weighted by Gasteiger charge is 2.31. The predicted octanol–water partition coefficient (Wildman–Crippen LogP) is 2.53. The van der Waals surface area contributed by atoms with Crippen LogP contribution < -0.4 is 10.6 Å². The number of aliphatic imine (C=N–C) groups is 1. The van der Waals surface area contributed by atoms with E-state index in [0.717, 1.165) is 12.8 Å². The number of hydrogen-bond acceptors (Lipinski definition) is 7. The monoisotopic (exact) mass is 485 g/mol. The van der Waals surface area contributed by atoms with E-state index in [4.69, 9.17) is 4.74 Å². The summed E-state index contributed by atoms with van der Waals surface area (Å²) in [4.78, 5) is 30.5. The molecule has 4 rings (SSSR count). The van der Waals surface area contributed by atoms with Crippen LogP contribution in [-0.4, -0.2) is 54.7 Å². The molecule has 34 heavy (non-hydrogen) atoms. The third kappa shape index (κ3) is 4.48. The number of amides is 1. The summed E-state index contributed by atoms with van der Waals surface area (Å²) in [5.74, 6) is -1.22. The van der Waals surface area contributed by atoms with Crippen molar-refractivity contribution in [2.24, 2.45) is 12.0 Å². The molecule has 0 unspecified atom stereocenters. The average molecular weight is 486 g/mol. The quantitative estimate of drug-likeness (QED) is 0.628. The Morgan fingerprint density at radius 2 is 1.91 bits per heavy atom. The molecule has 180 valence electrons. The minimum absolute atomic E-state index is 0.0172. The Morgan fingerprint density at radius 1 is 1.21 bits per heavy atom. The molecule has 2 aliphatic rings. The van der Waals surface area contributed by atoms with E-state index in [1.54, 1.807) is 33.0 Å². The van der Waals surface area contributed by atoms with Gasteiger partial charge in [-0.1, -0.05) is 12.1 Å². The normalized spacial score (nSPS) is 16.4. The van der Waals surface area contributed by atoms with E-state index in [0.29, 0.717) is 30.2 Å². The van der Waals surface area contributed by atoms with Crippen LogP contribution in [0.1, 0.15) is 37.2 Å². The molecule has 1 aromatic carbocycles. The summed E-state index contributed by atoms with van der Waals surface area (Å²) in [5.41, 5.74) is 1.87. The summed E-state index contributed by atoms with van der Waals surface area (Å²) < 4.78 is 33.9. The Morgan fingerprint density at radius 3 is 2.62 bits per heavy atom. The lowest BCUT2D eigenvalue weighted by molar-refractivity contribution is -0.137. The lowest BCUT2D eigenvalue weighted by Crippen LogP contribution is -2.36. The summed E-state index contributed by atoms with van der Waals surface area (Å²) in [7, 11) is -2.09. The molecule has 1 saturated heterocycles. The first-order valence-corrected chi connectivity index (χ1v) is 12.5. The molecule has 0 radical (unpaired) electrons. The summed E-state index contributed by atoms with van der Waals surface area (Å²) >= 11 is 0. The predicted molar refractivity (Wildman–Crippen MR) is 127 cm³/mol. The fourth-order valence-corrected chi connectivity index (χ4v) is 5.58. The van der Waals surface area contributed by atoms with Gasteiger partial charge in [0.05, 0.1) is 18.0 Å². The molecule has 11 heteroatoms. The van der Waals surface area contributed by atoms with Gasteiger partial charge in [0.25, 0.3) is 5.91 Å². The molecule has 0 bridgehead atoms. The molecule has 1 aromatic heterocycles. The maximum absolute atomic E-state index is 13.2. The molecule has 0 saturated carbocycles. The number of allylic oxidation sites excluding steroid dienone is 1. The number of nitrogens with zero attached hydrogens (tertiary/aromatic N) is 3. The second-order valence-electron chi connectivity index (χ2n) is 8.06. The van der Waals surface area contributed by atoms with Crippen molar-refractivity contribution in [3.05, 3.63) is 53.5 Å². The lowest BCUT2D eigenvalue weighted by Gasteiger charge is -2.14. The number of sulfonamides is 1. The summed E-state index contributed by atoms with van der Waals surface area (Å²) in [6, 6.07) is 8.52. The van der Waals surface area contributed by atoms with Gasteiger partial charge in [0.2, 0.25) is 10.0 Å². The second-order valence-corrected chi connectivity index (χ2v) is 10.00. The molecule has 0 atom stereocenters. The van der Waals surface area contributed by atoms with Gasteiger partial charge in [-0.15, -0.1) is 0 Å². The largest absolute Gasteiger partial charge is 0.462 e. The zero-order chi connectivity index (χ0) is 24.5. The fourth-order valence-electron chi connectivity index (χ4n) is 3.99. The molecule has 0 spiro atoms. The van der Waals surface area contributed by atoms with Crippen molar-refractivity contribution in [1.82, 2.24) is 14.2 Å². The summed E-state index contributed by atoms with van der Waals surface area (Å²) in [5, 5.41) is 5.84. The molecular weight excluding hydrogens is 458 g/mol. The minimum atomic E-state index is -3.68. The number of nitrogens with one attached hydrogen (secondary N) is 2. The smallest absolute Gasteiger partial charge is 0.343 e. The molecule has 2 aliphatic heterocycles. The van der Waals surface area contributed by atoms with Crippen molar-refractivity contribution in [1.29, 1.82) is 0 Å². The van der Waals surface area contributed by atoms with Crippen molar-refractivity contribution >= 4 is 39.1 Å². The highest BCUT2D eigenvalue weighted by atomic mass is 32.2. The van der Waals surface area contributed by atoms with Gasteiger partial charge in [0, 0.05) is 32.0 Å². The van der Waals surface area contributed by atoms with Crippen LogP contribution in [0.4, 0.5) is 11.4 Å². The standard InChI is InChI=1S/C23H27N5O5S/c1-4-33-23(30)20-15(2)24-17-9-5-6-10-18(17)25-21(20)26-22(29)19-13-16(14-27(19)3)34(31,32)28-11-7-8-12-28/h5-6,9-10,13-14,24H,4,7-8,11-12H2,1-3H3,(H,25,26,29). The van der Waals surface area contributed by atoms with E-state index < -0.39 is 21.9 Å². The third-order valence-corrected chi connectivity index (χ3v) is 7.56. The van der Waals surface area contributed by atoms with Crippen LogP contribution in [0, 0.1) is 0 Å². The maximum atomic E-state index is 13.2. The number of aryl methyl sites for hydroxylation is 1. The van der Waals surface area contributed by atoms with E-state index >= 15 is 0 Å². The first-order chi connectivity index (χ1) is 16.2. The van der Waals surface area contributed by atoms with Crippen LogP contribution in [0.3, 0.4) is 0 Å². The molecule has 3 heterocycles. The van der Waals surface area contributed by atoms with Crippen molar-refractivity contribution in [2.75, 3.05) is 25.0 Å². The van der Waals surface area contributed by atoms with Gasteiger partial charge in [-0.3, -0.25) is 4.79 Å². The Labute approximate surface area is 198 Å². The molecule has 2 aromatic rings. The van der Waals surface area contributed by atoms with E-state index in [1.807, 2.05) is 12.1 Å². The maximum Gasteiger partial charge on any atom is 0.343 e. The average Bonchev–Trinajstić information content (AvgIpc) is 3.43. The number of para-hydroxylation sites is 2. The molecular formula is C23H27N5O5S. The third-order valence-electron chi connectivity index (χ3n) is 5.70. The van der Waals surface area contributed by atoms with Crippen LogP contribution in [0.5, 0.6) is 0 Å². The van der Waals surface area contributed by atoms with Crippen molar-refractivity contribution in [2.45, 2.75) is 31.6 Å². The molecule has 1 fully saturated rings. The number of rotatable bonds is 5. The van der Waals surface area contributed by atoms with Gasteiger partial charge >= 0.3 is 5.97 Å².